The molecule has 0 radical (unpaired) electrons. The molecule has 1 aromatic carbocycles. The molecule has 0 bridgehead atoms. The molecule has 26 heavy (non-hydrogen) atoms. The zero-order chi connectivity index (χ0) is 17.9. The third kappa shape index (κ3) is 3.51. The van der Waals surface area contributed by atoms with Crippen molar-refractivity contribution in [3.63, 3.8) is 0 Å². The van der Waals surface area contributed by atoms with E-state index in [1.54, 1.807) is 22.4 Å². The van der Waals surface area contributed by atoms with Crippen molar-refractivity contribution in [2.75, 3.05) is 11.5 Å². The van der Waals surface area contributed by atoms with E-state index in [0.29, 0.717) is 6.54 Å². The number of H-pyrrole nitrogens is 1. The highest BCUT2D eigenvalue weighted by Crippen LogP contribution is 2.26. The predicted octanol–water partition coefficient (Wildman–Crippen LogP) is 3.88. The van der Waals surface area contributed by atoms with E-state index in [2.05, 4.69) is 22.3 Å². The second-order valence-corrected chi connectivity index (χ2v) is 7.57. The van der Waals surface area contributed by atoms with Crippen LogP contribution in [0.3, 0.4) is 0 Å². The second kappa shape index (κ2) is 7.33. The van der Waals surface area contributed by atoms with Crippen LogP contribution in [0.25, 0.3) is 0 Å². The Morgan fingerprint density at radius 1 is 1.31 bits per heavy atom. The molecule has 1 aliphatic rings. The van der Waals surface area contributed by atoms with Crippen molar-refractivity contribution in [1.29, 1.82) is 0 Å². The van der Waals surface area contributed by atoms with Gasteiger partial charge < -0.3 is 4.74 Å². The van der Waals surface area contributed by atoms with Gasteiger partial charge in [-0.05, 0) is 60.9 Å². The fourth-order valence-electron chi connectivity index (χ4n) is 3.32. The monoisotopic (exact) mass is 367 g/mol. The van der Waals surface area contributed by atoms with Crippen molar-refractivity contribution in [3.05, 3.63) is 63.5 Å². The van der Waals surface area contributed by atoms with Crippen molar-refractivity contribution in [2.24, 2.45) is 0 Å². The van der Waals surface area contributed by atoms with E-state index in [4.69, 9.17) is 4.74 Å². The van der Waals surface area contributed by atoms with Gasteiger partial charge in [0, 0.05) is 10.4 Å². The number of carbonyl (C=O) groups is 1. The molecular formula is C20H21N3O2S. The Kier molecular flexibility index (Phi) is 4.75. The number of aromatic amines is 1. The van der Waals surface area contributed by atoms with Gasteiger partial charge in [-0.25, -0.2) is 0 Å². The number of ether oxygens (including phenoxy) is 1. The Hall–Kier alpha value is -2.60. The number of hydrogen-bond acceptors (Lipinski definition) is 4. The quantitative estimate of drug-likeness (QED) is 0.719. The number of aromatic nitrogens is 2. The van der Waals surface area contributed by atoms with E-state index in [1.807, 2.05) is 30.5 Å². The second-order valence-electron chi connectivity index (χ2n) is 6.53. The Morgan fingerprint density at radius 3 is 2.96 bits per heavy atom. The first-order valence-electron chi connectivity index (χ1n) is 8.78. The highest BCUT2D eigenvalue weighted by molar-refractivity contribution is 7.09. The van der Waals surface area contributed by atoms with Crippen LogP contribution in [0.1, 0.15) is 28.0 Å². The van der Waals surface area contributed by atoms with E-state index in [9.17, 15) is 4.79 Å². The first-order chi connectivity index (χ1) is 12.7. The first-order valence-corrected chi connectivity index (χ1v) is 9.66. The topological polar surface area (TPSA) is 58.2 Å². The normalized spacial score (nSPS) is 12.8. The van der Waals surface area contributed by atoms with Gasteiger partial charge >= 0.3 is 0 Å². The Bertz CT molecular complexity index is 902. The molecule has 1 aliphatic carbocycles. The molecule has 2 heterocycles. The summed E-state index contributed by atoms with van der Waals surface area (Å²) in [5, 5.41) is 9.00. The molecule has 4 rings (SSSR count). The number of rotatable bonds is 6. The number of anilines is 1. The van der Waals surface area contributed by atoms with Gasteiger partial charge in [-0.2, -0.15) is 5.10 Å². The fourth-order valence-corrected chi connectivity index (χ4v) is 4.02. The van der Waals surface area contributed by atoms with Crippen molar-refractivity contribution < 1.29 is 9.53 Å². The molecular weight excluding hydrogens is 346 g/mol. The molecule has 5 nitrogen and oxygen atoms in total. The number of nitrogens with zero attached hydrogens (tertiary/aromatic N) is 2. The Balaban J connectivity index is 1.48. The van der Waals surface area contributed by atoms with Crippen LogP contribution in [0.4, 0.5) is 5.82 Å². The Morgan fingerprint density at radius 2 is 2.19 bits per heavy atom. The molecule has 3 aromatic rings. The average molecular weight is 367 g/mol. The molecule has 0 atom stereocenters. The number of amides is 1. The summed E-state index contributed by atoms with van der Waals surface area (Å²) in [5.74, 6) is 1.39. The maximum absolute atomic E-state index is 12.9. The lowest BCUT2D eigenvalue weighted by Gasteiger charge is -2.21. The molecule has 1 amide bonds. The summed E-state index contributed by atoms with van der Waals surface area (Å²) in [6.07, 6.45) is 5.16. The van der Waals surface area contributed by atoms with Crippen LogP contribution in [0.15, 0.2) is 41.9 Å². The highest BCUT2D eigenvalue weighted by atomic mass is 32.1. The number of carbonyl (C=O) groups excluding carboxylic acids is 1. The minimum Gasteiger partial charge on any atom is -0.484 e. The van der Waals surface area contributed by atoms with Gasteiger partial charge in [0.2, 0.25) is 0 Å². The predicted molar refractivity (Wildman–Crippen MR) is 103 cm³/mol. The molecule has 0 spiro atoms. The van der Waals surface area contributed by atoms with Crippen LogP contribution in [-0.4, -0.2) is 22.7 Å². The molecule has 0 unspecified atom stereocenters. The molecule has 0 aliphatic heterocycles. The molecule has 2 aromatic heterocycles. The number of hydrogen-bond donors (Lipinski definition) is 1. The van der Waals surface area contributed by atoms with E-state index < -0.39 is 0 Å². The van der Waals surface area contributed by atoms with Crippen LogP contribution < -0.4 is 9.64 Å². The number of nitrogens with one attached hydrogen (secondary N) is 1. The SMILES string of the molecule is Cc1cn[nH]c1N(Cc1cccs1)C(=O)COc1ccc2c(c1)CCC2. The van der Waals surface area contributed by atoms with Crippen LogP contribution in [0, 0.1) is 6.92 Å². The van der Waals surface area contributed by atoms with E-state index in [-0.39, 0.29) is 12.5 Å². The molecule has 134 valence electrons. The van der Waals surface area contributed by atoms with Gasteiger partial charge in [-0.3, -0.25) is 14.8 Å². The third-order valence-corrected chi connectivity index (χ3v) is 5.56. The summed E-state index contributed by atoms with van der Waals surface area (Å²) in [5.41, 5.74) is 3.68. The number of aryl methyl sites for hydroxylation is 3. The summed E-state index contributed by atoms with van der Waals surface area (Å²) in [4.78, 5) is 15.7. The lowest BCUT2D eigenvalue weighted by atomic mass is 10.1. The highest BCUT2D eigenvalue weighted by Gasteiger charge is 2.21. The molecule has 0 saturated carbocycles. The minimum absolute atomic E-state index is 0.00260. The van der Waals surface area contributed by atoms with Gasteiger partial charge in [0.05, 0.1) is 12.7 Å². The summed E-state index contributed by atoms with van der Waals surface area (Å²) in [6, 6.07) is 10.2. The van der Waals surface area contributed by atoms with Crippen LogP contribution in [0.2, 0.25) is 0 Å². The lowest BCUT2D eigenvalue weighted by Crippen LogP contribution is -2.35. The molecule has 0 fully saturated rings. The van der Waals surface area contributed by atoms with Crippen molar-refractivity contribution in [1.82, 2.24) is 10.2 Å². The number of thiophene rings is 1. The maximum atomic E-state index is 12.9. The van der Waals surface area contributed by atoms with E-state index in [0.717, 1.165) is 34.8 Å². The number of benzene rings is 1. The van der Waals surface area contributed by atoms with Crippen molar-refractivity contribution in [3.8, 4) is 5.75 Å². The van der Waals surface area contributed by atoms with Gasteiger partial charge in [0.1, 0.15) is 11.6 Å². The third-order valence-electron chi connectivity index (χ3n) is 4.70. The minimum atomic E-state index is -0.0914. The first kappa shape index (κ1) is 16.8. The van der Waals surface area contributed by atoms with Gasteiger partial charge in [0.25, 0.3) is 5.91 Å². The summed E-state index contributed by atoms with van der Waals surface area (Å²) in [6.45, 7) is 2.45. The summed E-state index contributed by atoms with van der Waals surface area (Å²) in [7, 11) is 0. The molecule has 0 saturated heterocycles. The van der Waals surface area contributed by atoms with Crippen LogP contribution in [-0.2, 0) is 24.2 Å². The Labute approximate surface area is 156 Å². The zero-order valence-corrected chi connectivity index (χ0v) is 15.5. The maximum Gasteiger partial charge on any atom is 0.266 e. The smallest absolute Gasteiger partial charge is 0.266 e. The molecule has 1 N–H and O–H groups in total. The number of fused-ring (bicyclic) bond motifs is 1. The van der Waals surface area contributed by atoms with Gasteiger partial charge in [-0.15, -0.1) is 11.3 Å². The van der Waals surface area contributed by atoms with E-state index >= 15 is 0 Å². The standard InChI is InChI=1S/C20H21N3O2S/c1-14-11-21-22-20(14)23(12-18-6-3-9-26-18)19(24)13-25-17-8-7-15-4-2-5-16(15)10-17/h3,6-11H,2,4-5,12-13H2,1H3,(H,21,22). The van der Waals surface area contributed by atoms with Gasteiger partial charge in [0.15, 0.2) is 6.61 Å². The van der Waals surface area contributed by atoms with Crippen molar-refractivity contribution >= 4 is 23.1 Å². The van der Waals surface area contributed by atoms with Crippen LogP contribution in [0.5, 0.6) is 5.75 Å². The molecule has 6 heteroatoms. The largest absolute Gasteiger partial charge is 0.484 e. The summed E-state index contributed by atoms with van der Waals surface area (Å²) < 4.78 is 5.81. The van der Waals surface area contributed by atoms with Gasteiger partial charge in [-0.1, -0.05) is 12.1 Å². The van der Waals surface area contributed by atoms with E-state index in [1.165, 1.54) is 17.5 Å². The van der Waals surface area contributed by atoms with Crippen molar-refractivity contribution in [2.45, 2.75) is 32.7 Å². The summed E-state index contributed by atoms with van der Waals surface area (Å²) >= 11 is 1.63. The average Bonchev–Trinajstić information content (AvgIpc) is 3.39. The van der Waals surface area contributed by atoms with Crippen LogP contribution >= 0.6 is 11.3 Å². The zero-order valence-electron chi connectivity index (χ0n) is 14.7. The fraction of sp³-hybridized carbons (Fsp3) is 0.300. The lowest BCUT2D eigenvalue weighted by molar-refractivity contribution is -0.120.